The summed E-state index contributed by atoms with van der Waals surface area (Å²) in [5.41, 5.74) is 1.18. The fourth-order valence-electron chi connectivity index (χ4n) is 3.56. The van der Waals surface area contributed by atoms with Crippen LogP contribution in [0.2, 0.25) is 0 Å². The van der Waals surface area contributed by atoms with Crippen LogP contribution in [0.25, 0.3) is 11.0 Å². The number of rotatable bonds is 2. The van der Waals surface area contributed by atoms with Gasteiger partial charge in [0.05, 0.1) is 11.8 Å². The van der Waals surface area contributed by atoms with Gasteiger partial charge in [-0.25, -0.2) is 19.3 Å². The fourth-order valence-corrected chi connectivity index (χ4v) is 3.56. The Bertz CT molecular complexity index is 1010. The summed E-state index contributed by atoms with van der Waals surface area (Å²) >= 11 is 0. The number of carbonyl (C=O) groups excluding carboxylic acids is 1. The molecule has 3 aromatic rings. The highest BCUT2D eigenvalue weighted by Crippen LogP contribution is 2.34. The van der Waals surface area contributed by atoms with Gasteiger partial charge in [-0.05, 0) is 24.8 Å². The molecule has 4 heterocycles. The first kappa shape index (κ1) is 18.3. The highest BCUT2D eigenvalue weighted by Gasteiger charge is 2.35. The Morgan fingerprint density at radius 1 is 1.11 bits per heavy atom. The second kappa shape index (κ2) is 6.84. The van der Waals surface area contributed by atoms with Gasteiger partial charge in [0.15, 0.2) is 0 Å². The van der Waals surface area contributed by atoms with Crippen LogP contribution in [0.1, 0.15) is 40.5 Å². The molecule has 28 heavy (non-hydrogen) atoms. The average Bonchev–Trinajstić information content (AvgIpc) is 3.16. The minimum atomic E-state index is -4.65. The van der Waals surface area contributed by atoms with E-state index in [-0.39, 0.29) is 17.3 Å². The van der Waals surface area contributed by atoms with Crippen molar-refractivity contribution in [2.45, 2.75) is 24.9 Å². The molecule has 1 N–H and O–H groups in total. The molecule has 1 saturated heterocycles. The molecule has 1 amide bonds. The molecule has 1 aliphatic heterocycles. The molecule has 0 bridgehead atoms. The summed E-state index contributed by atoms with van der Waals surface area (Å²) in [7, 11) is 0. The zero-order chi connectivity index (χ0) is 19.9. The largest absolute Gasteiger partial charge is 0.451 e. The Balaban J connectivity index is 1.47. The van der Waals surface area contributed by atoms with E-state index < -0.39 is 17.9 Å². The number of carbonyl (C=O) groups is 1. The molecule has 0 saturated carbocycles. The number of amides is 1. The smallest absolute Gasteiger partial charge is 0.346 e. The first-order valence-electron chi connectivity index (χ1n) is 8.64. The highest BCUT2D eigenvalue weighted by atomic mass is 19.4. The number of alkyl halides is 3. The van der Waals surface area contributed by atoms with E-state index in [9.17, 15) is 22.4 Å². The third-order valence-electron chi connectivity index (χ3n) is 4.92. The zero-order valence-corrected chi connectivity index (χ0v) is 14.5. The number of H-pyrrole nitrogens is 1. The third-order valence-corrected chi connectivity index (χ3v) is 4.92. The molecule has 0 radical (unpaired) electrons. The molecule has 1 fully saturated rings. The van der Waals surface area contributed by atoms with Crippen LogP contribution in [-0.4, -0.2) is 43.8 Å². The van der Waals surface area contributed by atoms with Gasteiger partial charge in [0.2, 0.25) is 5.82 Å². The predicted molar refractivity (Wildman–Crippen MR) is 91.0 cm³/mol. The van der Waals surface area contributed by atoms with E-state index >= 15 is 0 Å². The van der Waals surface area contributed by atoms with Crippen molar-refractivity contribution >= 4 is 16.9 Å². The molecule has 146 valence electrons. The first-order chi connectivity index (χ1) is 13.3. The number of aromatic amines is 1. The average molecular weight is 393 g/mol. The summed E-state index contributed by atoms with van der Waals surface area (Å²) in [4.78, 5) is 27.5. The molecule has 0 spiro atoms. The van der Waals surface area contributed by atoms with E-state index in [4.69, 9.17) is 0 Å². The van der Waals surface area contributed by atoms with Crippen LogP contribution in [0.4, 0.5) is 17.6 Å². The molecule has 3 aromatic heterocycles. The molecule has 4 rings (SSSR count). The van der Waals surface area contributed by atoms with E-state index in [0.717, 1.165) is 17.8 Å². The Labute approximate surface area is 156 Å². The van der Waals surface area contributed by atoms with E-state index in [1.165, 1.54) is 11.1 Å². The standard InChI is InChI=1S/C18H15F4N5O/c19-13-9-24-15-12(1-4-23-15)14(13)10-2-5-27(6-3-10)16(28)11-7-25-17(26-8-11)18(20,21)22/h1,4,7-10H,2-3,5-6H2,(H,23,24). The lowest BCUT2D eigenvalue weighted by atomic mass is 9.88. The number of aromatic nitrogens is 4. The Morgan fingerprint density at radius 3 is 2.43 bits per heavy atom. The maximum atomic E-state index is 14.4. The minimum absolute atomic E-state index is 0.00503. The second-order valence-corrected chi connectivity index (χ2v) is 6.62. The van der Waals surface area contributed by atoms with Gasteiger partial charge in [-0.1, -0.05) is 0 Å². The monoisotopic (exact) mass is 393 g/mol. The van der Waals surface area contributed by atoms with Gasteiger partial charge in [-0.3, -0.25) is 4.79 Å². The van der Waals surface area contributed by atoms with Crippen molar-refractivity contribution in [2.24, 2.45) is 0 Å². The highest BCUT2D eigenvalue weighted by molar-refractivity contribution is 5.93. The zero-order valence-electron chi connectivity index (χ0n) is 14.5. The quantitative estimate of drug-likeness (QED) is 0.676. The topological polar surface area (TPSA) is 74.8 Å². The Hall–Kier alpha value is -3.04. The van der Waals surface area contributed by atoms with Crippen molar-refractivity contribution in [3.8, 4) is 0 Å². The molecule has 1 aliphatic rings. The number of halogens is 4. The van der Waals surface area contributed by atoms with E-state index in [0.29, 0.717) is 37.1 Å². The van der Waals surface area contributed by atoms with Gasteiger partial charge in [-0.2, -0.15) is 13.2 Å². The maximum Gasteiger partial charge on any atom is 0.451 e. The summed E-state index contributed by atoms with van der Waals surface area (Å²) in [6.07, 6.45) is 1.07. The molecule has 0 aliphatic carbocycles. The third kappa shape index (κ3) is 3.30. The normalized spacial score (nSPS) is 15.9. The summed E-state index contributed by atoms with van der Waals surface area (Å²) in [5, 5.41) is 0.723. The Kier molecular flexibility index (Phi) is 4.48. The second-order valence-electron chi connectivity index (χ2n) is 6.62. The van der Waals surface area contributed by atoms with Crippen LogP contribution in [-0.2, 0) is 6.18 Å². The minimum Gasteiger partial charge on any atom is -0.346 e. The van der Waals surface area contributed by atoms with E-state index in [2.05, 4.69) is 19.9 Å². The molecular formula is C18H15F4N5O. The molecule has 0 unspecified atom stereocenters. The summed E-state index contributed by atoms with van der Waals surface area (Å²) < 4.78 is 52.0. The fraction of sp³-hybridized carbons (Fsp3) is 0.333. The molecule has 10 heteroatoms. The van der Waals surface area contributed by atoms with Gasteiger partial charge < -0.3 is 9.88 Å². The van der Waals surface area contributed by atoms with Crippen molar-refractivity contribution in [3.05, 3.63) is 53.6 Å². The lowest BCUT2D eigenvalue weighted by Crippen LogP contribution is -2.38. The SMILES string of the molecule is O=C(c1cnc(C(F)(F)F)nc1)N1CCC(c2c(F)cnc3[nH]ccc23)CC1. The molecule has 0 aromatic carbocycles. The van der Waals surface area contributed by atoms with Crippen LogP contribution in [0.3, 0.4) is 0 Å². The van der Waals surface area contributed by atoms with E-state index in [1.807, 2.05) is 0 Å². The number of hydrogen-bond acceptors (Lipinski definition) is 4. The number of nitrogens with one attached hydrogen (secondary N) is 1. The Morgan fingerprint density at radius 2 is 1.79 bits per heavy atom. The summed E-state index contributed by atoms with van der Waals surface area (Å²) in [5.74, 6) is -2.18. The summed E-state index contributed by atoms with van der Waals surface area (Å²) in [6.45, 7) is 0.719. The van der Waals surface area contributed by atoms with Gasteiger partial charge in [0.1, 0.15) is 11.5 Å². The predicted octanol–water partition coefficient (Wildman–Crippen LogP) is 3.53. The van der Waals surface area contributed by atoms with Crippen molar-refractivity contribution in [2.75, 3.05) is 13.1 Å². The maximum absolute atomic E-state index is 14.4. The van der Waals surface area contributed by atoms with Gasteiger partial charge in [0, 0.05) is 42.6 Å². The van der Waals surface area contributed by atoms with Crippen molar-refractivity contribution in [1.29, 1.82) is 0 Å². The number of hydrogen-bond donors (Lipinski definition) is 1. The summed E-state index contributed by atoms with van der Waals surface area (Å²) in [6, 6.07) is 1.78. The first-order valence-corrected chi connectivity index (χ1v) is 8.64. The van der Waals surface area contributed by atoms with Crippen LogP contribution in [0.5, 0.6) is 0 Å². The van der Waals surface area contributed by atoms with Crippen molar-refractivity contribution in [3.63, 3.8) is 0 Å². The van der Waals surface area contributed by atoms with Crippen LogP contribution in [0.15, 0.2) is 30.9 Å². The lowest BCUT2D eigenvalue weighted by Gasteiger charge is -2.32. The van der Waals surface area contributed by atoms with E-state index in [1.54, 1.807) is 12.3 Å². The number of pyridine rings is 1. The number of fused-ring (bicyclic) bond motifs is 1. The number of piperidine rings is 1. The number of nitrogens with zero attached hydrogens (tertiary/aromatic N) is 4. The number of likely N-dealkylation sites (tertiary alicyclic amines) is 1. The van der Waals surface area contributed by atoms with Crippen molar-refractivity contribution in [1.82, 2.24) is 24.8 Å². The van der Waals surface area contributed by atoms with Crippen LogP contribution < -0.4 is 0 Å². The molecule has 0 atom stereocenters. The van der Waals surface area contributed by atoms with Crippen molar-refractivity contribution < 1.29 is 22.4 Å². The van der Waals surface area contributed by atoms with Gasteiger partial charge in [-0.15, -0.1) is 0 Å². The molecule has 6 nitrogen and oxygen atoms in total. The van der Waals surface area contributed by atoms with Crippen LogP contribution >= 0.6 is 0 Å². The van der Waals surface area contributed by atoms with Crippen LogP contribution in [0, 0.1) is 5.82 Å². The molecular weight excluding hydrogens is 378 g/mol. The van der Waals surface area contributed by atoms with Gasteiger partial charge in [0.25, 0.3) is 5.91 Å². The lowest BCUT2D eigenvalue weighted by molar-refractivity contribution is -0.145. The van der Waals surface area contributed by atoms with Gasteiger partial charge >= 0.3 is 6.18 Å².